The van der Waals surface area contributed by atoms with E-state index in [1.54, 1.807) is 14.2 Å². The number of carbonyl (C=O) groups is 1. The third-order valence-corrected chi connectivity index (χ3v) is 6.96. The van der Waals surface area contributed by atoms with Gasteiger partial charge in [0.1, 0.15) is 12.2 Å². The second kappa shape index (κ2) is 9.72. The molecule has 3 heterocycles. The van der Waals surface area contributed by atoms with Gasteiger partial charge in [-0.15, -0.1) is 0 Å². The van der Waals surface area contributed by atoms with E-state index >= 15 is 0 Å². The first kappa shape index (κ1) is 22.8. The van der Waals surface area contributed by atoms with Crippen molar-refractivity contribution < 1.29 is 19.0 Å². The minimum atomic E-state index is -0.502. The minimum Gasteiger partial charge on any atom is -0.493 e. The summed E-state index contributed by atoms with van der Waals surface area (Å²) in [6.07, 6.45) is 4.64. The second-order valence-electron chi connectivity index (χ2n) is 8.74. The van der Waals surface area contributed by atoms with Crippen LogP contribution in [0.3, 0.4) is 0 Å². The van der Waals surface area contributed by atoms with Gasteiger partial charge >= 0.3 is 0 Å². The highest BCUT2D eigenvalue weighted by Gasteiger charge is 2.34. The molecule has 178 valence electrons. The number of likely N-dealkylation sites (tertiary alicyclic amines) is 1. The van der Waals surface area contributed by atoms with Crippen molar-refractivity contribution in [2.75, 3.05) is 27.3 Å². The average molecular weight is 481 g/mol. The molecule has 7 heteroatoms. The Bertz CT molecular complexity index is 1190. The SMILES string of the molecule is COc1cccc([C@H]2O[C@H](CC(=O)N3CCCCC3)c3cccn3-c3ccc(Cl)cc32)c1OC. The fourth-order valence-corrected chi connectivity index (χ4v) is 5.26. The topological polar surface area (TPSA) is 52.9 Å². The molecule has 1 fully saturated rings. The van der Waals surface area contributed by atoms with Gasteiger partial charge in [0.2, 0.25) is 5.91 Å². The second-order valence-corrected chi connectivity index (χ2v) is 9.18. The van der Waals surface area contributed by atoms with Gasteiger partial charge in [-0.05, 0) is 55.7 Å². The molecule has 0 radical (unpaired) electrons. The number of rotatable bonds is 5. The number of benzene rings is 2. The van der Waals surface area contributed by atoms with Crippen molar-refractivity contribution in [3.8, 4) is 17.2 Å². The molecule has 1 aromatic heterocycles. The largest absolute Gasteiger partial charge is 0.493 e. The standard InChI is InChI=1S/C27H29ClN2O4/c1-32-23-10-6-8-19(27(23)33-2)26-20-16-18(28)11-12-21(20)30-15-7-9-22(30)24(34-26)17-25(31)29-13-4-3-5-14-29/h6-12,15-16,24,26H,3-5,13-14,17H2,1-2H3/t24-,26-/m1/s1. The Morgan fingerprint density at radius 1 is 1.03 bits per heavy atom. The molecular weight excluding hydrogens is 452 g/mol. The summed E-state index contributed by atoms with van der Waals surface area (Å²) in [5, 5.41) is 0.616. The minimum absolute atomic E-state index is 0.123. The van der Waals surface area contributed by atoms with Gasteiger partial charge in [-0.1, -0.05) is 23.7 Å². The summed E-state index contributed by atoms with van der Waals surface area (Å²) in [5.74, 6) is 1.35. The zero-order chi connectivity index (χ0) is 23.7. The highest BCUT2D eigenvalue weighted by atomic mass is 35.5. The van der Waals surface area contributed by atoms with E-state index < -0.39 is 12.2 Å². The van der Waals surface area contributed by atoms with E-state index in [9.17, 15) is 4.79 Å². The Morgan fingerprint density at radius 3 is 2.62 bits per heavy atom. The van der Waals surface area contributed by atoms with Crippen LogP contribution >= 0.6 is 11.6 Å². The maximum absolute atomic E-state index is 13.3. The number of piperidine rings is 1. The monoisotopic (exact) mass is 480 g/mol. The summed E-state index contributed by atoms with van der Waals surface area (Å²) in [6, 6.07) is 15.6. The summed E-state index contributed by atoms with van der Waals surface area (Å²) in [4.78, 5) is 15.2. The number of para-hydroxylation sites is 1. The Hall–Kier alpha value is -2.96. The molecule has 6 nitrogen and oxygen atoms in total. The lowest BCUT2D eigenvalue weighted by Crippen LogP contribution is -2.36. The van der Waals surface area contributed by atoms with Crippen molar-refractivity contribution in [1.82, 2.24) is 9.47 Å². The third-order valence-electron chi connectivity index (χ3n) is 6.73. The highest BCUT2D eigenvalue weighted by Crippen LogP contribution is 2.46. The van der Waals surface area contributed by atoms with Gasteiger partial charge in [-0.2, -0.15) is 0 Å². The fraction of sp³-hybridized carbons (Fsp3) is 0.370. The van der Waals surface area contributed by atoms with Crippen LogP contribution in [-0.2, 0) is 9.53 Å². The maximum Gasteiger partial charge on any atom is 0.225 e. The highest BCUT2D eigenvalue weighted by molar-refractivity contribution is 6.30. The first-order valence-electron chi connectivity index (χ1n) is 11.7. The number of halogens is 1. The van der Waals surface area contributed by atoms with Gasteiger partial charge in [0.05, 0.1) is 32.0 Å². The van der Waals surface area contributed by atoms with Crippen molar-refractivity contribution in [1.29, 1.82) is 0 Å². The normalized spacial score (nSPS) is 19.7. The summed E-state index contributed by atoms with van der Waals surface area (Å²) in [7, 11) is 3.24. The van der Waals surface area contributed by atoms with Crippen LogP contribution in [0, 0.1) is 0 Å². The maximum atomic E-state index is 13.3. The number of nitrogens with zero attached hydrogens (tertiary/aromatic N) is 2. The number of fused-ring (bicyclic) bond motifs is 3. The predicted molar refractivity (Wildman–Crippen MR) is 131 cm³/mol. The van der Waals surface area contributed by atoms with E-state index in [0.717, 1.165) is 48.4 Å². The number of hydrogen-bond acceptors (Lipinski definition) is 4. The Balaban J connectivity index is 1.61. The Morgan fingerprint density at radius 2 is 1.85 bits per heavy atom. The van der Waals surface area contributed by atoms with Crippen molar-refractivity contribution in [3.63, 3.8) is 0 Å². The molecule has 1 saturated heterocycles. The first-order chi connectivity index (χ1) is 16.6. The van der Waals surface area contributed by atoms with Crippen LogP contribution in [-0.4, -0.2) is 42.7 Å². The molecule has 0 aliphatic carbocycles. The lowest BCUT2D eigenvalue weighted by Gasteiger charge is -2.29. The zero-order valence-electron chi connectivity index (χ0n) is 19.5. The van der Waals surface area contributed by atoms with Gasteiger partial charge in [0.15, 0.2) is 11.5 Å². The van der Waals surface area contributed by atoms with Crippen LogP contribution in [0.15, 0.2) is 54.7 Å². The molecule has 2 aliphatic heterocycles. The van der Waals surface area contributed by atoms with E-state index in [0.29, 0.717) is 16.5 Å². The number of aromatic nitrogens is 1. The quantitative estimate of drug-likeness (QED) is 0.469. The molecule has 5 rings (SSSR count). The Kier molecular flexibility index (Phi) is 6.53. The van der Waals surface area contributed by atoms with Gasteiger partial charge < -0.3 is 23.7 Å². The molecule has 0 unspecified atom stereocenters. The molecular formula is C27H29ClN2O4. The first-order valence-corrected chi connectivity index (χ1v) is 12.1. The lowest BCUT2D eigenvalue weighted by atomic mass is 9.98. The number of ether oxygens (including phenoxy) is 3. The van der Waals surface area contributed by atoms with Crippen LogP contribution in [0.5, 0.6) is 11.5 Å². The summed E-state index contributed by atoms with van der Waals surface area (Å²) in [6.45, 7) is 1.63. The van der Waals surface area contributed by atoms with Crippen LogP contribution in [0.2, 0.25) is 5.02 Å². The van der Waals surface area contributed by atoms with E-state index in [2.05, 4.69) is 4.57 Å². The lowest BCUT2D eigenvalue weighted by molar-refractivity contribution is -0.136. The molecule has 0 bridgehead atoms. The zero-order valence-corrected chi connectivity index (χ0v) is 20.3. The van der Waals surface area contributed by atoms with Crippen LogP contribution in [0.25, 0.3) is 5.69 Å². The number of carbonyl (C=O) groups excluding carboxylic acids is 1. The smallest absolute Gasteiger partial charge is 0.225 e. The van der Waals surface area contributed by atoms with Crippen LogP contribution < -0.4 is 9.47 Å². The van der Waals surface area contributed by atoms with E-state index in [-0.39, 0.29) is 12.3 Å². The molecule has 2 aliphatic rings. The van der Waals surface area contributed by atoms with Gasteiger partial charge in [0, 0.05) is 35.4 Å². The van der Waals surface area contributed by atoms with Crippen molar-refractivity contribution in [2.45, 2.75) is 37.9 Å². The Labute approximate surface area is 205 Å². The van der Waals surface area contributed by atoms with Gasteiger partial charge in [-0.3, -0.25) is 4.79 Å². The van der Waals surface area contributed by atoms with Gasteiger partial charge in [-0.25, -0.2) is 0 Å². The molecule has 0 N–H and O–H groups in total. The molecule has 2 aromatic carbocycles. The van der Waals surface area contributed by atoms with E-state index in [4.69, 9.17) is 25.8 Å². The fourth-order valence-electron chi connectivity index (χ4n) is 5.08. The average Bonchev–Trinajstić information content (AvgIpc) is 3.32. The summed E-state index contributed by atoms with van der Waals surface area (Å²) >= 11 is 6.46. The number of hydrogen-bond donors (Lipinski definition) is 0. The molecule has 2 atom stereocenters. The molecule has 3 aromatic rings. The van der Waals surface area contributed by atoms with Crippen molar-refractivity contribution >= 4 is 17.5 Å². The van der Waals surface area contributed by atoms with Gasteiger partial charge in [0.25, 0.3) is 0 Å². The van der Waals surface area contributed by atoms with Crippen LogP contribution in [0.1, 0.15) is 54.7 Å². The van der Waals surface area contributed by atoms with Crippen molar-refractivity contribution in [3.05, 3.63) is 76.6 Å². The number of methoxy groups -OCH3 is 2. The van der Waals surface area contributed by atoms with Crippen molar-refractivity contribution in [2.24, 2.45) is 0 Å². The molecule has 34 heavy (non-hydrogen) atoms. The molecule has 0 spiro atoms. The van der Waals surface area contributed by atoms with E-state index in [1.807, 2.05) is 59.6 Å². The van der Waals surface area contributed by atoms with Crippen LogP contribution in [0.4, 0.5) is 0 Å². The third kappa shape index (κ3) is 4.17. The predicted octanol–water partition coefficient (Wildman–Crippen LogP) is 5.71. The van der Waals surface area contributed by atoms with E-state index in [1.165, 1.54) is 6.42 Å². The number of amides is 1. The molecule has 0 saturated carbocycles. The summed E-state index contributed by atoms with van der Waals surface area (Å²) in [5.41, 5.74) is 3.64. The summed E-state index contributed by atoms with van der Waals surface area (Å²) < 4.78 is 20.2. The molecule has 1 amide bonds.